The average molecular weight is 293 g/mol. The lowest BCUT2D eigenvalue weighted by atomic mass is 9.94. The number of nitrogens with zero attached hydrogens (tertiary/aromatic N) is 2. The smallest absolute Gasteiger partial charge is 0.247 e. The topological polar surface area (TPSA) is 52.7 Å². The van der Waals surface area contributed by atoms with Crippen molar-refractivity contribution in [2.75, 3.05) is 26.7 Å². The first kappa shape index (κ1) is 15.0. The van der Waals surface area contributed by atoms with Gasteiger partial charge < -0.3 is 10.2 Å². The van der Waals surface area contributed by atoms with Crippen molar-refractivity contribution in [3.63, 3.8) is 0 Å². The number of imide groups is 1. The van der Waals surface area contributed by atoms with Crippen LogP contribution in [0.4, 0.5) is 0 Å². The Hall–Kier alpha value is -0.940. The minimum Gasteiger partial charge on any atom is -0.306 e. The highest BCUT2D eigenvalue weighted by Gasteiger charge is 2.42. The number of hydrogen-bond acceptors (Lipinski definition) is 4. The highest BCUT2D eigenvalue weighted by atomic mass is 16.2. The highest BCUT2D eigenvalue weighted by molar-refractivity contribution is 6.05. The van der Waals surface area contributed by atoms with Gasteiger partial charge in [0, 0.05) is 12.6 Å². The van der Waals surface area contributed by atoms with Crippen LogP contribution in [0.3, 0.4) is 0 Å². The Labute approximate surface area is 127 Å². The molecule has 0 bridgehead atoms. The Kier molecular flexibility index (Phi) is 4.60. The number of carbonyl (C=O) groups is 2. The molecule has 5 nitrogen and oxygen atoms in total. The standard InChI is InChI=1S/C16H27N3O2/c1-18-8-7-12(11-18)10-17-14-9-15(20)19(16(14)21)13-5-3-2-4-6-13/h12-14,17H,2-11H2,1H3. The van der Waals surface area contributed by atoms with E-state index >= 15 is 0 Å². The van der Waals surface area contributed by atoms with E-state index in [1.165, 1.54) is 12.8 Å². The summed E-state index contributed by atoms with van der Waals surface area (Å²) in [7, 11) is 2.13. The maximum absolute atomic E-state index is 12.5. The van der Waals surface area contributed by atoms with Gasteiger partial charge in [0.25, 0.3) is 0 Å². The van der Waals surface area contributed by atoms with Gasteiger partial charge in [0.2, 0.25) is 11.8 Å². The van der Waals surface area contributed by atoms with Crippen LogP contribution in [0.5, 0.6) is 0 Å². The summed E-state index contributed by atoms with van der Waals surface area (Å²) < 4.78 is 0. The number of nitrogens with one attached hydrogen (secondary N) is 1. The van der Waals surface area contributed by atoms with Crippen molar-refractivity contribution in [3.05, 3.63) is 0 Å². The molecule has 3 rings (SSSR count). The average Bonchev–Trinajstić information content (AvgIpc) is 3.01. The fraction of sp³-hybridized carbons (Fsp3) is 0.875. The third-order valence-electron chi connectivity index (χ3n) is 5.26. The number of amides is 2. The van der Waals surface area contributed by atoms with E-state index in [4.69, 9.17) is 0 Å². The molecule has 0 radical (unpaired) electrons. The first-order valence-electron chi connectivity index (χ1n) is 8.43. The van der Waals surface area contributed by atoms with Crippen LogP contribution in [0, 0.1) is 5.92 Å². The molecule has 2 heterocycles. The second-order valence-electron chi connectivity index (χ2n) is 6.98. The summed E-state index contributed by atoms with van der Waals surface area (Å²) in [5.41, 5.74) is 0. The molecule has 5 heteroatoms. The van der Waals surface area contributed by atoms with Gasteiger partial charge in [0.1, 0.15) is 0 Å². The lowest BCUT2D eigenvalue weighted by Crippen LogP contribution is -2.45. The SMILES string of the molecule is CN1CCC(CNC2CC(=O)N(C3CCCCC3)C2=O)C1. The van der Waals surface area contributed by atoms with Crippen molar-refractivity contribution in [3.8, 4) is 0 Å². The van der Waals surface area contributed by atoms with Crippen LogP contribution in [0.25, 0.3) is 0 Å². The molecule has 0 aromatic rings. The predicted molar refractivity (Wildman–Crippen MR) is 80.7 cm³/mol. The van der Waals surface area contributed by atoms with E-state index in [9.17, 15) is 9.59 Å². The van der Waals surface area contributed by atoms with Gasteiger partial charge in [-0.1, -0.05) is 19.3 Å². The molecule has 2 unspecified atom stereocenters. The van der Waals surface area contributed by atoms with Gasteiger partial charge in [0.05, 0.1) is 12.5 Å². The summed E-state index contributed by atoms with van der Waals surface area (Å²) in [5, 5.41) is 3.35. The van der Waals surface area contributed by atoms with Crippen LogP contribution in [-0.2, 0) is 9.59 Å². The minimum absolute atomic E-state index is 0.0262. The largest absolute Gasteiger partial charge is 0.306 e. The number of hydrogen-bond donors (Lipinski definition) is 1. The molecule has 2 saturated heterocycles. The molecule has 1 N–H and O–H groups in total. The number of carbonyl (C=O) groups excluding carboxylic acids is 2. The third-order valence-corrected chi connectivity index (χ3v) is 5.26. The van der Waals surface area contributed by atoms with Crippen LogP contribution in [0.15, 0.2) is 0 Å². The van der Waals surface area contributed by atoms with E-state index in [0.29, 0.717) is 12.3 Å². The van der Waals surface area contributed by atoms with Crippen molar-refractivity contribution in [2.45, 2.75) is 57.0 Å². The van der Waals surface area contributed by atoms with Gasteiger partial charge in [-0.2, -0.15) is 0 Å². The van der Waals surface area contributed by atoms with Gasteiger partial charge in [-0.25, -0.2) is 0 Å². The molecule has 1 aliphatic carbocycles. The maximum Gasteiger partial charge on any atom is 0.247 e. The van der Waals surface area contributed by atoms with Gasteiger partial charge in [-0.15, -0.1) is 0 Å². The Morgan fingerprint density at radius 1 is 1.14 bits per heavy atom. The van der Waals surface area contributed by atoms with Crippen LogP contribution in [0.2, 0.25) is 0 Å². The molecule has 2 atom stereocenters. The predicted octanol–water partition coefficient (Wildman–Crippen LogP) is 0.988. The van der Waals surface area contributed by atoms with Gasteiger partial charge in [-0.3, -0.25) is 14.5 Å². The summed E-state index contributed by atoms with van der Waals surface area (Å²) in [6.45, 7) is 3.08. The number of likely N-dealkylation sites (tertiary alicyclic amines) is 2. The minimum atomic E-state index is -0.273. The molecule has 2 amide bonds. The molecule has 1 saturated carbocycles. The zero-order chi connectivity index (χ0) is 14.8. The molecule has 3 aliphatic rings. The van der Waals surface area contributed by atoms with E-state index in [-0.39, 0.29) is 23.9 Å². The summed E-state index contributed by atoms with van der Waals surface area (Å²) in [6, 6.07) is -0.103. The van der Waals surface area contributed by atoms with E-state index in [2.05, 4.69) is 17.3 Å². The summed E-state index contributed by atoms with van der Waals surface area (Å²) in [4.78, 5) is 28.6. The normalized spacial score (nSPS) is 32.3. The summed E-state index contributed by atoms with van der Waals surface area (Å²) in [5.74, 6) is 0.674. The quantitative estimate of drug-likeness (QED) is 0.785. The molecule has 21 heavy (non-hydrogen) atoms. The van der Waals surface area contributed by atoms with E-state index in [1.54, 1.807) is 4.90 Å². The molecular weight excluding hydrogens is 266 g/mol. The van der Waals surface area contributed by atoms with Gasteiger partial charge in [-0.05, 0) is 45.3 Å². The first-order chi connectivity index (χ1) is 10.1. The van der Waals surface area contributed by atoms with Crippen LogP contribution >= 0.6 is 0 Å². The second-order valence-corrected chi connectivity index (χ2v) is 6.98. The van der Waals surface area contributed by atoms with Crippen LogP contribution in [0.1, 0.15) is 44.9 Å². The highest BCUT2D eigenvalue weighted by Crippen LogP contribution is 2.27. The molecule has 0 spiro atoms. The summed E-state index contributed by atoms with van der Waals surface area (Å²) in [6.07, 6.45) is 7.07. The lowest BCUT2D eigenvalue weighted by Gasteiger charge is -2.29. The first-order valence-corrected chi connectivity index (χ1v) is 8.43. The van der Waals surface area contributed by atoms with Crippen molar-refractivity contribution in [2.24, 2.45) is 5.92 Å². The van der Waals surface area contributed by atoms with Crippen molar-refractivity contribution < 1.29 is 9.59 Å². The Bertz CT molecular complexity index is 406. The zero-order valence-electron chi connectivity index (χ0n) is 13.0. The van der Waals surface area contributed by atoms with E-state index in [1.807, 2.05) is 0 Å². The summed E-state index contributed by atoms with van der Waals surface area (Å²) >= 11 is 0. The molecule has 0 aromatic heterocycles. The fourth-order valence-electron chi connectivity index (χ4n) is 4.04. The Balaban J connectivity index is 1.53. The molecule has 118 valence electrons. The molecule has 0 aromatic carbocycles. The molecule has 2 aliphatic heterocycles. The third kappa shape index (κ3) is 3.29. The molecular formula is C16H27N3O2. The zero-order valence-corrected chi connectivity index (χ0v) is 13.0. The van der Waals surface area contributed by atoms with Gasteiger partial charge >= 0.3 is 0 Å². The Morgan fingerprint density at radius 3 is 2.57 bits per heavy atom. The van der Waals surface area contributed by atoms with Crippen molar-refractivity contribution >= 4 is 11.8 Å². The molecule has 3 fully saturated rings. The Morgan fingerprint density at radius 2 is 1.90 bits per heavy atom. The lowest BCUT2D eigenvalue weighted by molar-refractivity contribution is -0.142. The monoisotopic (exact) mass is 293 g/mol. The van der Waals surface area contributed by atoms with Crippen molar-refractivity contribution in [1.29, 1.82) is 0 Å². The van der Waals surface area contributed by atoms with Gasteiger partial charge in [0.15, 0.2) is 0 Å². The maximum atomic E-state index is 12.5. The van der Waals surface area contributed by atoms with E-state index < -0.39 is 0 Å². The van der Waals surface area contributed by atoms with E-state index in [0.717, 1.165) is 45.3 Å². The van der Waals surface area contributed by atoms with Crippen LogP contribution in [-0.4, -0.2) is 60.4 Å². The van der Waals surface area contributed by atoms with Crippen LogP contribution < -0.4 is 5.32 Å². The second kappa shape index (κ2) is 6.44. The van der Waals surface area contributed by atoms with Crippen molar-refractivity contribution in [1.82, 2.24) is 15.1 Å². The number of rotatable bonds is 4. The fourth-order valence-corrected chi connectivity index (χ4v) is 4.04.